The highest BCUT2D eigenvalue weighted by Gasteiger charge is 2.05. The van der Waals surface area contributed by atoms with Crippen molar-refractivity contribution in [3.05, 3.63) is 47.0 Å². The standard InChI is InChI=1S/C12H9NS/c1-2-4-9-8-10-6-7-14-12(10)13-11(9)5-3-1/h1-3,5-8H,4H2. The van der Waals surface area contributed by atoms with Gasteiger partial charge >= 0.3 is 0 Å². The van der Waals surface area contributed by atoms with Gasteiger partial charge in [0.15, 0.2) is 0 Å². The summed E-state index contributed by atoms with van der Waals surface area (Å²) in [4.78, 5) is 5.76. The predicted octanol–water partition coefficient (Wildman–Crippen LogP) is 3.42. The van der Waals surface area contributed by atoms with Crippen LogP contribution in [0.2, 0.25) is 0 Å². The van der Waals surface area contributed by atoms with E-state index in [1.807, 2.05) is 0 Å². The summed E-state index contributed by atoms with van der Waals surface area (Å²) in [6.45, 7) is 0. The van der Waals surface area contributed by atoms with Gasteiger partial charge < -0.3 is 0 Å². The van der Waals surface area contributed by atoms with Gasteiger partial charge in [-0.05, 0) is 35.6 Å². The Balaban J connectivity index is 2.31. The molecule has 0 radical (unpaired) electrons. The molecule has 0 amide bonds. The Morgan fingerprint density at radius 2 is 2.29 bits per heavy atom. The predicted molar refractivity (Wildman–Crippen MR) is 61.5 cm³/mol. The van der Waals surface area contributed by atoms with Crippen molar-refractivity contribution < 1.29 is 0 Å². The first-order valence-electron chi connectivity index (χ1n) is 4.64. The second kappa shape index (κ2) is 3.07. The highest BCUT2D eigenvalue weighted by molar-refractivity contribution is 7.16. The monoisotopic (exact) mass is 199 g/mol. The van der Waals surface area contributed by atoms with Crippen molar-refractivity contribution in [2.24, 2.45) is 0 Å². The molecule has 0 saturated heterocycles. The summed E-state index contributed by atoms with van der Waals surface area (Å²) in [6, 6.07) is 4.37. The molecule has 0 unspecified atom stereocenters. The number of hydrogen-bond donors (Lipinski definition) is 0. The molecule has 68 valence electrons. The smallest absolute Gasteiger partial charge is 0.123 e. The first-order valence-corrected chi connectivity index (χ1v) is 5.52. The van der Waals surface area contributed by atoms with Crippen molar-refractivity contribution in [3.63, 3.8) is 0 Å². The van der Waals surface area contributed by atoms with Crippen LogP contribution in [0.3, 0.4) is 0 Å². The Bertz CT molecular complexity index is 534. The number of rotatable bonds is 0. The van der Waals surface area contributed by atoms with E-state index in [2.05, 4.69) is 46.8 Å². The second-order valence-electron chi connectivity index (χ2n) is 3.34. The van der Waals surface area contributed by atoms with E-state index in [9.17, 15) is 0 Å². The number of nitrogens with zero attached hydrogens (tertiary/aromatic N) is 1. The van der Waals surface area contributed by atoms with E-state index >= 15 is 0 Å². The van der Waals surface area contributed by atoms with Gasteiger partial charge in [0.25, 0.3) is 0 Å². The lowest BCUT2D eigenvalue weighted by Crippen LogP contribution is -1.89. The van der Waals surface area contributed by atoms with Crippen molar-refractivity contribution in [1.82, 2.24) is 4.98 Å². The molecule has 0 bridgehead atoms. The number of pyridine rings is 1. The van der Waals surface area contributed by atoms with Crippen LogP contribution in [-0.4, -0.2) is 4.98 Å². The summed E-state index contributed by atoms with van der Waals surface area (Å²) >= 11 is 1.70. The summed E-state index contributed by atoms with van der Waals surface area (Å²) in [5.74, 6) is 0. The zero-order valence-corrected chi connectivity index (χ0v) is 8.42. The molecule has 14 heavy (non-hydrogen) atoms. The maximum atomic E-state index is 4.63. The molecule has 2 heterocycles. The van der Waals surface area contributed by atoms with Crippen LogP contribution in [0, 0.1) is 0 Å². The molecular weight excluding hydrogens is 190 g/mol. The van der Waals surface area contributed by atoms with Gasteiger partial charge in [-0.2, -0.15) is 0 Å². The van der Waals surface area contributed by atoms with Gasteiger partial charge in [-0.1, -0.05) is 18.2 Å². The molecule has 2 aromatic heterocycles. The number of fused-ring (bicyclic) bond motifs is 2. The van der Waals surface area contributed by atoms with Crippen LogP contribution in [0.5, 0.6) is 0 Å². The van der Waals surface area contributed by atoms with Gasteiger partial charge in [0.05, 0.1) is 5.69 Å². The van der Waals surface area contributed by atoms with E-state index in [4.69, 9.17) is 0 Å². The van der Waals surface area contributed by atoms with Gasteiger partial charge in [0.2, 0.25) is 0 Å². The van der Waals surface area contributed by atoms with Crippen LogP contribution in [0.25, 0.3) is 16.3 Å². The summed E-state index contributed by atoms with van der Waals surface area (Å²) in [7, 11) is 0. The third-order valence-corrected chi connectivity index (χ3v) is 3.22. The van der Waals surface area contributed by atoms with Gasteiger partial charge in [0.1, 0.15) is 4.83 Å². The molecule has 0 spiro atoms. The largest absolute Gasteiger partial charge is 0.237 e. The minimum Gasteiger partial charge on any atom is -0.237 e. The highest BCUT2D eigenvalue weighted by atomic mass is 32.1. The Labute approximate surface area is 86.4 Å². The van der Waals surface area contributed by atoms with Gasteiger partial charge in [-0.3, -0.25) is 0 Å². The zero-order chi connectivity index (χ0) is 9.38. The first kappa shape index (κ1) is 7.94. The summed E-state index contributed by atoms with van der Waals surface area (Å²) < 4.78 is 0. The minimum absolute atomic E-state index is 0.987. The Morgan fingerprint density at radius 1 is 1.29 bits per heavy atom. The van der Waals surface area contributed by atoms with E-state index in [1.54, 1.807) is 11.3 Å². The lowest BCUT2D eigenvalue weighted by molar-refractivity contribution is 1.22. The molecule has 1 aliphatic carbocycles. The molecule has 0 saturated carbocycles. The van der Waals surface area contributed by atoms with Gasteiger partial charge in [0, 0.05) is 5.39 Å². The van der Waals surface area contributed by atoms with E-state index in [0.717, 1.165) is 16.9 Å². The van der Waals surface area contributed by atoms with E-state index in [0.29, 0.717) is 0 Å². The fourth-order valence-corrected chi connectivity index (χ4v) is 2.44. The zero-order valence-electron chi connectivity index (χ0n) is 7.60. The fourth-order valence-electron chi connectivity index (χ4n) is 1.68. The van der Waals surface area contributed by atoms with Crippen molar-refractivity contribution in [1.29, 1.82) is 0 Å². The lowest BCUT2D eigenvalue weighted by Gasteiger charge is -2.01. The summed E-state index contributed by atoms with van der Waals surface area (Å²) in [5.41, 5.74) is 2.44. The molecule has 1 nitrogen and oxygen atoms in total. The Hall–Kier alpha value is -1.41. The molecule has 0 aromatic carbocycles. The lowest BCUT2D eigenvalue weighted by atomic mass is 10.1. The number of allylic oxidation sites excluding steroid dienone is 3. The van der Waals surface area contributed by atoms with Crippen LogP contribution in [-0.2, 0) is 6.42 Å². The maximum absolute atomic E-state index is 4.63. The molecule has 0 aliphatic heterocycles. The third kappa shape index (κ3) is 1.19. The van der Waals surface area contributed by atoms with Crippen LogP contribution < -0.4 is 0 Å². The van der Waals surface area contributed by atoms with E-state index < -0.39 is 0 Å². The van der Waals surface area contributed by atoms with Crippen molar-refractivity contribution in [2.75, 3.05) is 0 Å². The highest BCUT2D eigenvalue weighted by Crippen LogP contribution is 2.23. The van der Waals surface area contributed by atoms with E-state index in [-0.39, 0.29) is 0 Å². The molecular formula is C12H9NS. The summed E-state index contributed by atoms with van der Waals surface area (Å²) in [6.07, 6.45) is 9.37. The molecule has 0 atom stereocenters. The Kier molecular flexibility index (Phi) is 1.74. The maximum Gasteiger partial charge on any atom is 0.123 e. The Morgan fingerprint density at radius 3 is 3.29 bits per heavy atom. The molecule has 0 N–H and O–H groups in total. The molecule has 0 fully saturated rings. The van der Waals surface area contributed by atoms with Crippen LogP contribution in [0.4, 0.5) is 0 Å². The van der Waals surface area contributed by atoms with Crippen LogP contribution in [0.1, 0.15) is 11.3 Å². The number of thiophene rings is 1. The van der Waals surface area contributed by atoms with Crippen LogP contribution >= 0.6 is 11.3 Å². The van der Waals surface area contributed by atoms with Crippen molar-refractivity contribution in [3.8, 4) is 0 Å². The van der Waals surface area contributed by atoms with E-state index in [1.165, 1.54) is 10.9 Å². The third-order valence-electron chi connectivity index (χ3n) is 2.39. The average molecular weight is 199 g/mol. The fraction of sp³-hybridized carbons (Fsp3) is 0.0833. The normalized spacial score (nSPS) is 14.3. The van der Waals surface area contributed by atoms with Gasteiger partial charge in [-0.25, -0.2) is 4.98 Å². The average Bonchev–Trinajstić information content (AvgIpc) is 2.51. The molecule has 2 heteroatoms. The van der Waals surface area contributed by atoms with Gasteiger partial charge in [-0.15, -0.1) is 11.3 Å². The SMILES string of the molecule is C1=CCc2cc3ccsc3nc2C=C1. The molecule has 2 aromatic rings. The number of aromatic nitrogens is 1. The quantitative estimate of drug-likeness (QED) is 0.633. The van der Waals surface area contributed by atoms with Crippen molar-refractivity contribution >= 4 is 27.6 Å². The first-order chi connectivity index (χ1) is 6.93. The topological polar surface area (TPSA) is 12.9 Å². The molecule has 1 aliphatic rings. The van der Waals surface area contributed by atoms with Crippen LogP contribution in [0.15, 0.2) is 35.7 Å². The summed E-state index contributed by atoms with van der Waals surface area (Å²) in [5, 5.41) is 3.36. The second-order valence-corrected chi connectivity index (χ2v) is 4.23. The van der Waals surface area contributed by atoms with Crippen molar-refractivity contribution in [2.45, 2.75) is 6.42 Å². The minimum atomic E-state index is 0.987. The number of hydrogen-bond acceptors (Lipinski definition) is 2. The molecule has 3 rings (SSSR count).